The van der Waals surface area contributed by atoms with Gasteiger partial charge in [0.1, 0.15) is 5.82 Å². The van der Waals surface area contributed by atoms with E-state index >= 15 is 0 Å². The molecule has 2 aliphatic rings. The fourth-order valence-corrected chi connectivity index (χ4v) is 3.28. The Morgan fingerprint density at radius 2 is 2.04 bits per heavy atom. The molecule has 24 heavy (non-hydrogen) atoms. The lowest BCUT2D eigenvalue weighted by Gasteiger charge is -2.33. The Kier molecular flexibility index (Phi) is 4.73. The molecule has 1 aromatic carbocycles. The fourth-order valence-electron chi connectivity index (χ4n) is 3.28. The number of halogens is 1. The van der Waals surface area contributed by atoms with Crippen molar-refractivity contribution in [3.63, 3.8) is 0 Å². The number of benzene rings is 1. The highest BCUT2D eigenvalue weighted by Gasteiger charge is 2.46. The Balaban J connectivity index is 1.62. The quantitative estimate of drug-likeness (QED) is 0.862. The summed E-state index contributed by atoms with van der Waals surface area (Å²) in [5.74, 6) is -0.755. The summed E-state index contributed by atoms with van der Waals surface area (Å²) in [6.07, 6.45) is 3.24. The van der Waals surface area contributed by atoms with E-state index in [0.717, 1.165) is 31.2 Å². The average molecular weight is 334 g/mol. The van der Waals surface area contributed by atoms with E-state index in [9.17, 15) is 14.0 Å². The molecule has 0 radical (unpaired) electrons. The maximum atomic E-state index is 13.1. The third-order valence-electron chi connectivity index (χ3n) is 4.82. The highest BCUT2D eigenvalue weighted by Crippen LogP contribution is 2.45. The monoisotopic (exact) mass is 334 g/mol. The van der Waals surface area contributed by atoms with Crippen LogP contribution in [0.4, 0.5) is 9.18 Å². The zero-order valence-electron chi connectivity index (χ0n) is 13.9. The Morgan fingerprint density at radius 1 is 1.33 bits per heavy atom. The van der Waals surface area contributed by atoms with Crippen molar-refractivity contribution >= 4 is 12.0 Å². The SMILES string of the molecule is CCOC(=O)C1CCCN(C(=O)NC2(c3ccc(F)cc3)CC2)C1. The summed E-state index contributed by atoms with van der Waals surface area (Å²) in [5, 5.41) is 3.08. The van der Waals surface area contributed by atoms with Gasteiger partial charge in [-0.2, -0.15) is 0 Å². The van der Waals surface area contributed by atoms with Crippen LogP contribution in [0.3, 0.4) is 0 Å². The normalized spacial score (nSPS) is 21.9. The number of piperidine rings is 1. The summed E-state index contributed by atoms with van der Waals surface area (Å²) in [6.45, 7) is 3.17. The number of urea groups is 1. The van der Waals surface area contributed by atoms with Crippen LogP contribution in [0.1, 0.15) is 38.2 Å². The van der Waals surface area contributed by atoms with Gasteiger partial charge in [0.25, 0.3) is 0 Å². The molecular formula is C18H23FN2O3. The van der Waals surface area contributed by atoms with Gasteiger partial charge in [0, 0.05) is 13.1 Å². The standard InChI is InChI=1S/C18H23FN2O3/c1-2-24-16(22)13-4-3-11-21(12-13)17(23)20-18(9-10-18)14-5-7-15(19)8-6-14/h5-8,13H,2-4,9-12H2,1H3,(H,20,23). The van der Waals surface area contributed by atoms with E-state index in [1.807, 2.05) is 0 Å². The van der Waals surface area contributed by atoms with Crippen LogP contribution >= 0.6 is 0 Å². The second-order valence-electron chi connectivity index (χ2n) is 6.56. The number of rotatable bonds is 4. The minimum atomic E-state index is -0.387. The molecule has 0 bridgehead atoms. The number of hydrogen-bond acceptors (Lipinski definition) is 3. The van der Waals surface area contributed by atoms with Gasteiger partial charge < -0.3 is 15.0 Å². The second-order valence-corrected chi connectivity index (χ2v) is 6.56. The minimum absolute atomic E-state index is 0.161. The van der Waals surface area contributed by atoms with Crippen LogP contribution in [0.5, 0.6) is 0 Å². The van der Waals surface area contributed by atoms with Crippen molar-refractivity contribution in [1.82, 2.24) is 10.2 Å². The zero-order valence-corrected chi connectivity index (χ0v) is 13.9. The molecule has 1 aliphatic carbocycles. The molecule has 3 rings (SSSR count). The van der Waals surface area contributed by atoms with Crippen molar-refractivity contribution in [2.24, 2.45) is 5.92 Å². The molecule has 0 aromatic heterocycles. The lowest BCUT2D eigenvalue weighted by atomic mass is 9.98. The van der Waals surface area contributed by atoms with Crippen molar-refractivity contribution in [3.05, 3.63) is 35.6 Å². The van der Waals surface area contributed by atoms with Gasteiger partial charge in [-0.1, -0.05) is 12.1 Å². The molecule has 5 nitrogen and oxygen atoms in total. The number of hydrogen-bond donors (Lipinski definition) is 1. The van der Waals surface area contributed by atoms with Crippen LogP contribution < -0.4 is 5.32 Å². The van der Waals surface area contributed by atoms with E-state index in [2.05, 4.69) is 5.32 Å². The molecular weight excluding hydrogens is 311 g/mol. The van der Waals surface area contributed by atoms with Gasteiger partial charge in [0.05, 0.1) is 18.1 Å². The number of ether oxygens (including phenoxy) is 1. The predicted octanol–water partition coefficient (Wildman–Crippen LogP) is 2.80. The first-order valence-electron chi connectivity index (χ1n) is 8.54. The Labute approximate surface area is 141 Å². The highest BCUT2D eigenvalue weighted by molar-refractivity contribution is 5.78. The number of esters is 1. The van der Waals surface area contributed by atoms with Crippen molar-refractivity contribution in [3.8, 4) is 0 Å². The van der Waals surface area contributed by atoms with Crippen LogP contribution in [-0.4, -0.2) is 36.6 Å². The van der Waals surface area contributed by atoms with Crippen molar-refractivity contribution in [1.29, 1.82) is 0 Å². The van der Waals surface area contributed by atoms with E-state index < -0.39 is 0 Å². The maximum absolute atomic E-state index is 13.1. The number of carbonyl (C=O) groups excluding carboxylic acids is 2. The van der Waals surface area contributed by atoms with Gasteiger partial charge in [-0.05, 0) is 50.3 Å². The minimum Gasteiger partial charge on any atom is -0.466 e. The van der Waals surface area contributed by atoms with Gasteiger partial charge in [-0.15, -0.1) is 0 Å². The lowest BCUT2D eigenvalue weighted by Crippen LogP contribution is -2.50. The molecule has 1 saturated heterocycles. The summed E-state index contributed by atoms with van der Waals surface area (Å²) in [7, 11) is 0. The number of likely N-dealkylation sites (tertiary alicyclic amines) is 1. The first-order valence-corrected chi connectivity index (χ1v) is 8.54. The third-order valence-corrected chi connectivity index (χ3v) is 4.82. The van der Waals surface area contributed by atoms with Crippen molar-refractivity contribution in [2.45, 2.75) is 38.1 Å². The molecule has 1 unspecified atom stereocenters. The molecule has 2 fully saturated rings. The van der Waals surface area contributed by atoms with Crippen LogP contribution in [0, 0.1) is 11.7 Å². The summed E-state index contributed by atoms with van der Waals surface area (Å²) < 4.78 is 18.2. The largest absolute Gasteiger partial charge is 0.466 e. The summed E-state index contributed by atoms with van der Waals surface area (Å²) in [6, 6.07) is 6.12. The average Bonchev–Trinajstić information content (AvgIpc) is 3.36. The van der Waals surface area contributed by atoms with Crippen LogP contribution in [0.2, 0.25) is 0 Å². The smallest absolute Gasteiger partial charge is 0.318 e. The lowest BCUT2D eigenvalue weighted by molar-refractivity contribution is -0.149. The van der Waals surface area contributed by atoms with Gasteiger partial charge in [0.15, 0.2) is 0 Å². The highest BCUT2D eigenvalue weighted by atomic mass is 19.1. The number of carbonyl (C=O) groups is 2. The van der Waals surface area contributed by atoms with E-state index in [1.54, 1.807) is 24.0 Å². The van der Waals surface area contributed by atoms with Crippen molar-refractivity contribution < 1.29 is 18.7 Å². The first kappa shape index (κ1) is 16.7. The van der Waals surface area contributed by atoms with Crippen molar-refractivity contribution in [2.75, 3.05) is 19.7 Å². The topological polar surface area (TPSA) is 58.6 Å². The Morgan fingerprint density at radius 3 is 2.67 bits per heavy atom. The molecule has 1 aliphatic heterocycles. The summed E-state index contributed by atoms with van der Waals surface area (Å²) >= 11 is 0. The van der Waals surface area contributed by atoms with E-state index in [-0.39, 0.29) is 29.3 Å². The number of nitrogens with zero attached hydrogens (tertiary/aromatic N) is 1. The molecule has 130 valence electrons. The molecule has 1 N–H and O–H groups in total. The first-order chi connectivity index (χ1) is 11.5. The zero-order chi connectivity index (χ0) is 17.2. The Hall–Kier alpha value is -2.11. The van der Waals surface area contributed by atoms with Crippen LogP contribution in [0.25, 0.3) is 0 Å². The van der Waals surface area contributed by atoms with Gasteiger partial charge >= 0.3 is 12.0 Å². The van der Waals surface area contributed by atoms with Crippen LogP contribution in [0.15, 0.2) is 24.3 Å². The second kappa shape index (κ2) is 6.79. The summed E-state index contributed by atoms with van der Waals surface area (Å²) in [4.78, 5) is 26.2. The predicted molar refractivity (Wildman–Crippen MR) is 86.8 cm³/mol. The van der Waals surface area contributed by atoms with Gasteiger partial charge in [-0.25, -0.2) is 9.18 Å². The molecule has 1 atom stereocenters. The maximum Gasteiger partial charge on any atom is 0.318 e. The molecule has 0 spiro atoms. The summed E-state index contributed by atoms with van der Waals surface area (Å²) in [5.41, 5.74) is 0.540. The van der Waals surface area contributed by atoms with E-state index in [0.29, 0.717) is 19.7 Å². The molecule has 1 saturated carbocycles. The van der Waals surface area contributed by atoms with Crippen LogP contribution in [-0.2, 0) is 15.1 Å². The van der Waals surface area contributed by atoms with Gasteiger partial charge in [-0.3, -0.25) is 4.79 Å². The van der Waals surface area contributed by atoms with E-state index in [1.165, 1.54) is 12.1 Å². The molecule has 1 heterocycles. The fraction of sp³-hybridized carbons (Fsp3) is 0.556. The Bertz CT molecular complexity index is 613. The molecule has 2 amide bonds. The number of amides is 2. The third kappa shape index (κ3) is 3.52. The number of nitrogens with one attached hydrogen (secondary N) is 1. The molecule has 1 aromatic rings. The van der Waals surface area contributed by atoms with Gasteiger partial charge in [0.2, 0.25) is 0 Å². The van der Waals surface area contributed by atoms with E-state index in [4.69, 9.17) is 4.74 Å². The molecule has 6 heteroatoms.